The Balaban J connectivity index is 1.80. The summed E-state index contributed by atoms with van der Waals surface area (Å²) in [6.45, 7) is 7.97. The van der Waals surface area contributed by atoms with Gasteiger partial charge in [0.2, 0.25) is 0 Å². The number of ketones is 1. The zero-order valence-electron chi connectivity index (χ0n) is 19.6. The highest BCUT2D eigenvalue weighted by Crippen LogP contribution is 2.43. The standard InChI is InChI=1S/C27H27Cl2N3O2/c1-18(33)25-30-32(19-11-6-5-7-12-19)26(31(25)27(2,3)4)20-13-8-9-16-24(20)34-17-21-22(28)14-10-15-23(21)29/h5-16,26H,17H2,1-4H3/t26-/m0/s1. The Morgan fingerprint density at radius 2 is 1.56 bits per heavy atom. The number of para-hydroxylation sites is 2. The molecule has 5 nitrogen and oxygen atoms in total. The summed E-state index contributed by atoms with van der Waals surface area (Å²) in [6, 6.07) is 23.0. The van der Waals surface area contributed by atoms with Gasteiger partial charge in [-0.15, -0.1) is 5.10 Å². The smallest absolute Gasteiger partial charge is 0.196 e. The molecule has 1 aliphatic heterocycles. The molecule has 0 saturated heterocycles. The minimum atomic E-state index is -0.391. The number of nitrogens with zero attached hydrogens (tertiary/aromatic N) is 3. The number of hydrazone groups is 1. The predicted molar refractivity (Wildman–Crippen MR) is 139 cm³/mol. The van der Waals surface area contributed by atoms with Crippen molar-refractivity contribution in [2.45, 2.75) is 46.0 Å². The molecular formula is C27H27Cl2N3O2. The molecule has 0 saturated carbocycles. The zero-order valence-corrected chi connectivity index (χ0v) is 21.1. The molecule has 0 N–H and O–H groups in total. The van der Waals surface area contributed by atoms with E-state index in [1.165, 1.54) is 0 Å². The van der Waals surface area contributed by atoms with E-state index in [0.29, 0.717) is 21.6 Å². The highest BCUT2D eigenvalue weighted by Gasteiger charge is 2.44. The Labute approximate surface area is 210 Å². The van der Waals surface area contributed by atoms with Crippen molar-refractivity contribution in [3.63, 3.8) is 0 Å². The van der Waals surface area contributed by atoms with Crippen molar-refractivity contribution in [2.24, 2.45) is 5.10 Å². The summed E-state index contributed by atoms with van der Waals surface area (Å²) in [7, 11) is 0. The second-order valence-electron chi connectivity index (χ2n) is 9.10. The fourth-order valence-corrected chi connectivity index (χ4v) is 4.56. The van der Waals surface area contributed by atoms with Gasteiger partial charge in [0.25, 0.3) is 0 Å². The van der Waals surface area contributed by atoms with Crippen LogP contribution in [0.4, 0.5) is 5.69 Å². The number of amidine groups is 1. The number of hydrogen-bond acceptors (Lipinski definition) is 5. The molecule has 7 heteroatoms. The summed E-state index contributed by atoms with van der Waals surface area (Å²) in [5.74, 6) is 0.976. The largest absolute Gasteiger partial charge is 0.488 e. The Hall–Kier alpha value is -3.02. The van der Waals surface area contributed by atoms with Crippen LogP contribution in [0.2, 0.25) is 10.0 Å². The van der Waals surface area contributed by atoms with Crippen molar-refractivity contribution in [1.82, 2.24) is 4.90 Å². The van der Waals surface area contributed by atoms with Crippen LogP contribution in [-0.2, 0) is 11.4 Å². The van der Waals surface area contributed by atoms with Crippen LogP contribution in [0.15, 0.2) is 77.9 Å². The van der Waals surface area contributed by atoms with E-state index in [9.17, 15) is 4.79 Å². The van der Waals surface area contributed by atoms with Gasteiger partial charge in [-0.25, -0.2) is 5.01 Å². The number of ether oxygens (including phenoxy) is 1. The summed E-state index contributed by atoms with van der Waals surface area (Å²) in [4.78, 5) is 14.7. The molecule has 0 unspecified atom stereocenters. The first kappa shape index (κ1) is 24.1. The van der Waals surface area contributed by atoms with Crippen molar-refractivity contribution in [1.29, 1.82) is 0 Å². The van der Waals surface area contributed by atoms with Crippen LogP contribution in [0.1, 0.15) is 45.0 Å². The van der Waals surface area contributed by atoms with Gasteiger partial charge >= 0.3 is 0 Å². The van der Waals surface area contributed by atoms with E-state index in [4.69, 9.17) is 33.0 Å². The van der Waals surface area contributed by atoms with Crippen LogP contribution in [0, 0.1) is 0 Å². The van der Waals surface area contributed by atoms with Gasteiger partial charge in [-0.1, -0.05) is 65.7 Å². The van der Waals surface area contributed by atoms with E-state index >= 15 is 0 Å². The Morgan fingerprint density at radius 3 is 2.18 bits per heavy atom. The monoisotopic (exact) mass is 495 g/mol. The van der Waals surface area contributed by atoms with Crippen molar-refractivity contribution in [3.8, 4) is 5.75 Å². The molecule has 3 aromatic carbocycles. The van der Waals surface area contributed by atoms with Crippen LogP contribution >= 0.6 is 23.2 Å². The lowest BCUT2D eigenvalue weighted by molar-refractivity contribution is -0.112. The third kappa shape index (κ3) is 4.77. The fourth-order valence-electron chi connectivity index (χ4n) is 4.05. The third-order valence-corrected chi connectivity index (χ3v) is 6.30. The molecule has 1 atom stereocenters. The number of carbonyl (C=O) groups is 1. The second kappa shape index (κ2) is 9.69. The lowest BCUT2D eigenvalue weighted by atomic mass is 10.0. The number of hydrogen-bond donors (Lipinski definition) is 0. The highest BCUT2D eigenvalue weighted by atomic mass is 35.5. The van der Waals surface area contributed by atoms with Gasteiger partial charge in [-0.2, -0.15) is 0 Å². The van der Waals surface area contributed by atoms with Gasteiger partial charge in [0.1, 0.15) is 12.4 Å². The molecule has 0 aromatic heterocycles. The summed E-state index contributed by atoms with van der Waals surface area (Å²) >= 11 is 12.7. The topological polar surface area (TPSA) is 45.1 Å². The van der Waals surface area contributed by atoms with Crippen molar-refractivity contribution in [3.05, 3.63) is 94.0 Å². The van der Waals surface area contributed by atoms with Gasteiger partial charge in [-0.05, 0) is 51.1 Å². The first-order chi connectivity index (χ1) is 16.2. The maximum Gasteiger partial charge on any atom is 0.196 e. The molecular weight excluding hydrogens is 469 g/mol. The molecule has 0 amide bonds. The average molecular weight is 496 g/mol. The van der Waals surface area contributed by atoms with Crippen molar-refractivity contribution < 1.29 is 9.53 Å². The molecule has 0 fully saturated rings. The number of rotatable bonds is 6. The van der Waals surface area contributed by atoms with Gasteiger partial charge < -0.3 is 9.64 Å². The number of halogens is 2. The van der Waals surface area contributed by atoms with E-state index in [-0.39, 0.29) is 18.6 Å². The molecule has 1 heterocycles. The second-order valence-corrected chi connectivity index (χ2v) is 9.92. The summed E-state index contributed by atoms with van der Waals surface area (Å²) in [5, 5.41) is 7.76. The molecule has 1 aliphatic rings. The average Bonchev–Trinajstić information content (AvgIpc) is 3.21. The minimum absolute atomic E-state index is 0.0976. The summed E-state index contributed by atoms with van der Waals surface area (Å²) < 4.78 is 6.28. The molecule has 0 radical (unpaired) electrons. The Morgan fingerprint density at radius 1 is 0.941 bits per heavy atom. The van der Waals surface area contributed by atoms with E-state index in [1.807, 2.05) is 64.5 Å². The molecule has 176 valence electrons. The maximum absolute atomic E-state index is 12.7. The number of benzene rings is 3. The Kier molecular flexibility index (Phi) is 6.87. The van der Waals surface area contributed by atoms with E-state index in [1.54, 1.807) is 25.1 Å². The van der Waals surface area contributed by atoms with E-state index in [2.05, 4.69) is 20.8 Å². The quantitative estimate of drug-likeness (QED) is 0.365. The van der Waals surface area contributed by atoms with Crippen LogP contribution < -0.4 is 9.75 Å². The van der Waals surface area contributed by atoms with Gasteiger partial charge in [0, 0.05) is 33.6 Å². The summed E-state index contributed by atoms with van der Waals surface area (Å²) in [6.07, 6.45) is -0.390. The molecule has 34 heavy (non-hydrogen) atoms. The van der Waals surface area contributed by atoms with Crippen LogP contribution in [0.5, 0.6) is 5.75 Å². The predicted octanol–water partition coefficient (Wildman–Crippen LogP) is 7.09. The van der Waals surface area contributed by atoms with Crippen molar-refractivity contribution in [2.75, 3.05) is 5.01 Å². The first-order valence-corrected chi connectivity index (χ1v) is 11.8. The SMILES string of the molecule is CC(=O)C1=NN(c2ccccc2)[C@@H](c2ccccc2OCc2c(Cl)cccc2Cl)N1C(C)(C)C. The highest BCUT2D eigenvalue weighted by molar-refractivity contribution is 6.38. The van der Waals surface area contributed by atoms with Crippen LogP contribution in [-0.4, -0.2) is 22.1 Å². The first-order valence-electron chi connectivity index (χ1n) is 11.1. The zero-order chi connectivity index (χ0) is 24.5. The lowest BCUT2D eigenvalue weighted by Gasteiger charge is -2.41. The third-order valence-electron chi connectivity index (χ3n) is 5.60. The fraction of sp³-hybridized carbons (Fsp3) is 0.259. The van der Waals surface area contributed by atoms with E-state index < -0.39 is 5.54 Å². The number of anilines is 1. The van der Waals surface area contributed by atoms with E-state index in [0.717, 1.165) is 16.8 Å². The lowest BCUT2D eigenvalue weighted by Crippen LogP contribution is -2.49. The molecule has 0 aliphatic carbocycles. The van der Waals surface area contributed by atoms with Crippen molar-refractivity contribution >= 4 is 40.5 Å². The van der Waals surface area contributed by atoms with Gasteiger partial charge in [0.15, 0.2) is 17.8 Å². The number of Topliss-reactive ketones (excluding diaryl/α,β-unsaturated/α-hetero) is 1. The molecule has 0 spiro atoms. The molecule has 4 rings (SSSR count). The van der Waals surface area contributed by atoms with Gasteiger partial charge in [0.05, 0.1) is 5.69 Å². The Bertz CT molecular complexity index is 1200. The molecule has 3 aromatic rings. The number of carbonyl (C=O) groups excluding carboxylic acids is 1. The maximum atomic E-state index is 12.7. The summed E-state index contributed by atoms with van der Waals surface area (Å²) in [5.41, 5.74) is 2.09. The molecule has 0 bridgehead atoms. The van der Waals surface area contributed by atoms with Gasteiger partial charge in [-0.3, -0.25) is 4.79 Å². The van der Waals surface area contributed by atoms with Crippen LogP contribution in [0.3, 0.4) is 0 Å². The minimum Gasteiger partial charge on any atom is -0.488 e. The van der Waals surface area contributed by atoms with Crippen LogP contribution in [0.25, 0.3) is 0 Å². The normalized spacial score (nSPS) is 15.9.